The van der Waals surface area contributed by atoms with Crippen molar-refractivity contribution in [2.75, 3.05) is 6.61 Å². The topological polar surface area (TPSA) is 59.7 Å². The number of allylic oxidation sites excluding steroid dienone is 1. The van der Waals surface area contributed by atoms with Crippen LogP contribution in [-0.2, 0) is 11.3 Å². The molecule has 3 aromatic rings. The smallest absolute Gasteiger partial charge is 0.0941 e. The van der Waals surface area contributed by atoms with Gasteiger partial charge in [0.25, 0.3) is 0 Å². The van der Waals surface area contributed by atoms with Crippen molar-refractivity contribution >= 4 is 17.7 Å². The third-order valence-electron chi connectivity index (χ3n) is 6.74. The average molecular weight is 404 g/mol. The fourth-order valence-corrected chi connectivity index (χ4v) is 4.97. The first-order valence-electron chi connectivity index (χ1n) is 11.1. The van der Waals surface area contributed by atoms with Crippen molar-refractivity contribution in [3.8, 4) is 0 Å². The highest BCUT2D eigenvalue weighted by Crippen LogP contribution is 2.33. The van der Waals surface area contributed by atoms with E-state index < -0.39 is 0 Å². The lowest BCUT2D eigenvalue weighted by atomic mass is 9.77. The molecule has 30 heavy (non-hydrogen) atoms. The van der Waals surface area contributed by atoms with E-state index in [4.69, 9.17) is 4.74 Å². The molecule has 5 nitrogen and oxygen atoms in total. The minimum atomic E-state index is -0.252. The van der Waals surface area contributed by atoms with Gasteiger partial charge >= 0.3 is 0 Å². The van der Waals surface area contributed by atoms with Gasteiger partial charge in [-0.2, -0.15) is 0 Å². The number of aromatic nitrogens is 3. The van der Waals surface area contributed by atoms with E-state index in [1.54, 1.807) is 0 Å². The molecule has 1 saturated carbocycles. The number of ether oxygens (including phenoxy) is 1. The highest BCUT2D eigenvalue weighted by atomic mass is 16.5. The van der Waals surface area contributed by atoms with Crippen LogP contribution in [0.3, 0.4) is 0 Å². The van der Waals surface area contributed by atoms with Crippen LogP contribution in [0.25, 0.3) is 17.7 Å². The summed E-state index contributed by atoms with van der Waals surface area (Å²) in [5.41, 5.74) is 3.46. The Morgan fingerprint density at radius 1 is 1.13 bits per heavy atom. The van der Waals surface area contributed by atoms with Crippen molar-refractivity contribution in [1.82, 2.24) is 14.8 Å². The molecule has 5 heteroatoms. The molecule has 2 unspecified atom stereocenters. The molecule has 0 amide bonds. The summed E-state index contributed by atoms with van der Waals surface area (Å²) < 4.78 is 7.77. The maximum atomic E-state index is 10.9. The molecule has 2 aromatic heterocycles. The Morgan fingerprint density at radius 2 is 1.97 bits per heavy atom. The second-order valence-corrected chi connectivity index (χ2v) is 8.84. The van der Waals surface area contributed by atoms with Gasteiger partial charge in [-0.15, -0.1) is 5.10 Å². The number of aliphatic hydroxyl groups excluding tert-OH is 1. The second kappa shape index (κ2) is 8.70. The molecule has 0 saturated heterocycles. The molecular formula is C25H29N3O2. The van der Waals surface area contributed by atoms with Crippen molar-refractivity contribution in [1.29, 1.82) is 0 Å². The SMILES string of the molecule is OC(CC1C=Cc2cn3nncc3c2=C1)C1CCC(COCc2ccccc2)CC1. The quantitative estimate of drug-likeness (QED) is 0.654. The monoisotopic (exact) mass is 403 g/mol. The largest absolute Gasteiger partial charge is 0.393 e. The van der Waals surface area contributed by atoms with Crippen molar-refractivity contribution < 1.29 is 9.84 Å². The standard InChI is InChI=1S/C25H29N3O2/c29-25(13-20-8-11-22-15-28-24(14-26-27-28)23(22)12-20)21-9-6-19(7-10-21)17-30-16-18-4-2-1-3-5-18/h1-5,8,11-12,14-15,19-21,25,29H,6-7,9-10,13,16-17H2. The maximum Gasteiger partial charge on any atom is 0.0941 e. The zero-order valence-electron chi connectivity index (χ0n) is 17.2. The Kier molecular flexibility index (Phi) is 5.65. The van der Waals surface area contributed by atoms with Crippen molar-refractivity contribution in [3.63, 3.8) is 0 Å². The molecule has 0 radical (unpaired) electrons. The van der Waals surface area contributed by atoms with Crippen LogP contribution in [0, 0.1) is 17.8 Å². The van der Waals surface area contributed by atoms with E-state index in [1.165, 1.54) is 16.3 Å². The lowest BCUT2D eigenvalue weighted by Crippen LogP contribution is -2.29. The van der Waals surface area contributed by atoms with E-state index in [-0.39, 0.29) is 12.0 Å². The maximum absolute atomic E-state index is 10.9. The number of rotatable bonds is 7. The van der Waals surface area contributed by atoms with E-state index in [9.17, 15) is 5.11 Å². The number of benzene rings is 1. The van der Waals surface area contributed by atoms with Crippen LogP contribution >= 0.6 is 0 Å². The first-order valence-corrected chi connectivity index (χ1v) is 11.1. The van der Waals surface area contributed by atoms with Crippen LogP contribution in [0.2, 0.25) is 0 Å². The van der Waals surface area contributed by atoms with Crippen molar-refractivity contribution in [3.05, 3.63) is 65.1 Å². The van der Waals surface area contributed by atoms with Crippen LogP contribution in [0.15, 0.2) is 48.8 Å². The van der Waals surface area contributed by atoms with Gasteiger partial charge in [0.2, 0.25) is 0 Å². The van der Waals surface area contributed by atoms with E-state index in [0.717, 1.165) is 44.2 Å². The van der Waals surface area contributed by atoms with Crippen molar-refractivity contribution in [2.24, 2.45) is 17.8 Å². The molecule has 1 N–H and O–H groups in total. The molecular weight excluding hydrogens is 374 g/mol. The highest BCUT2D eigenvalue weighted by molar-refractivity contribution is 5.67. The Hall–Kier alpha value is -2.50. The summed E-state index contributed by atoms with van der Waals surface area (Å²) in [4.78, 5) is 0. The average Bonchev–Trinajstić information content (AvgIpc) is 3.37. The number of hydrogen-bond donors (Lipinski definition) is 1. The normalized spacial score (nSPS) is 24.5. The molecule has 1 aromatic carbocycles. The van der Waals surface area contributed by atoms with Gasteiger partial charge in [0, 0.05) is 23.6 Å². The summed E-state index contributed by atoms with van der Waals surface area (Å²) in [7, 11) is 0. The summed E-state index contributed by atoms with van der Waals surface area (Å²) in [5.74, 6) is 1.28. The summed E-state index contributed by atoms with van der Waals surface area (Å²) in [6.45, 7) is 1.52. The van der Waals surface area contributed by atoms with Crippen LogP contribution in [0.5, 0.6) is 0 Å². The van der Waals surface area contributed by atoms with Crippen LogP contribution in [0.1, 0.15) is 43.2 Å². The first kappa shape index (κ1) is 19.5. The molecule has 2 aliphatic rings. The molecule has 2 aliphatic carbocycles. The predicted molar refractivity (Wildman–Crippen MR) is 117 cm³/mol. The molecule has 1 fully saturated rings. The fourth-order valence-electron chi connectivity index (χ4n) is 4.97. The molecule has 0 bridgehead atoms. The van der Waals surface area contributed by atoms with Crippen LogP contribution < -0.4 is 5.22 Å². The van der Waals surface area contributed by atoms with Crippen molar-refractivity contribution in [2.45, 2.75) is 44.8 Å². The minimum Gasteiger partial charge on any atom is -0.393 e. The number of fused-ring (bicyclic) bond motifs is 3. The molecule has 0 aliphatic heterocycles. The number of aliphatic hydroxyl groups is 1. The van der Waals surface area contributed by atoms with E-state index >= 15 is 0 Å². The zero-order valence-corrected chi connectivity index (χ0v) is 17.2. The summed E-state index contributed by atoms with van der Waals surface area (Å²) in [6, 6.07) is 10.4. The van der Waals surface area contributed by atoms with E-state index in [1.807, 2.05) is 23.0 Å². The van der Waals surface area contributed by atoms with Gasteiger partial charge in [0.05, 0.1) is 24.4 Å². The molecule has 5 rings (SSSR count). The van der Waals surface area contributed by atoms with Gasteiger partial charge < -0.3 is 9.84 Å². The molecule has 2 heterocycles. The Labute approximate surface area is 177 Å². The predicted octanol–water partition coefficient (Wildman–Crippen LogP) is 3.65. The summed E-state index contributed by atoms with van der Waals surface area (Å²) in [6.07, 6.45) is 15.5. The number of hydrogen-bond acceptors (Lipinski definition) is 4. The third kappa shape index (κ3) is 4.18. The van der Waals surface area contributed by atoms with E-state index in [2.05, 4.69) is 52.8 Å². The zero-order chi connectivity index (χ0) is 20.3. The first-order chi connectivity index (χ1) is 14.8. The van der Waals surface area contributed by atoms with Gasteiger partial charge in [-0.3, -0.25) is 0 Å². The Bertz CT molecular complexity index is 1050. The lowest BCUT2D eigenvalue weighted by molar-refractivity contribution is 0.0324. The fraction of sp³-hybridized carbons (Fsp3) is 0.440. The van der Waals surface area contributed by atoms with Gasteiger partial charge in [0.1, 0.15) is 0 Å². The third-order valence-corrected chi connectivity index (χ3v) is 6.74. The molecule has 0 spiro atoms. The van der Waals surface area contributed by atoms with Crippen LogP contribution in [-0.4, -0.2) is 32.6 Å². The summed E-state index contributed by atoms with van der Waals surface area (Å²) >= 11 is 0. The number of nitrogens with zero attached hydrogens (tertiary/aromatic N) is 3. The van der Waals surface area contributed by atoms with Gasteiger partial charge in [-0.1, -0.05) is 53.8 Å². The highest BCUT2D eigenvalue weighted by Gasteiger charge is 2.28. The Morgan fingerprint density at radius 3 is 2.80 bits per heavy atom. The second-order valence-electron chi connectivity index (χ2n) is 8.84. The molecule has 156 valence electrons. The molecule has 2 atom stereocenters. The van der Waals surface area contributed by atoms with Gasteiger partial charge in [-0.25, -0.2) is 4.52 Å². The van der Waals surface area contributed by atoms with E-state index in [0.29, 0.717) is 18.4 Å². The van der Waals surface area contributed by atoms with Gasteiger partial charge in [-0.05, 0) is 55.4 Å². The minimum absolute atomic E-state index is 0.252. The van der Waals surface area contributed by atoms with Crippen LogP contribution in [0.4, 0.5) is 0 Å². The Balaban J connectivity index is 1.10. The van der Waals surface area contributed by atoms with Gasteiger partial charge in [0.15, 0.2) is 0 Å². The summed E-state index contributed by atoms with van der Waals surface area (Å²) in [5, 5.41) is 20.2. The lowest BCUT2D eigenvalue weighted by Gasteiger charge is -2.32.